The van der Waals surface area contributed by atoms with Crippen LogP contribution in [0.1, 0.15) is 31.2 Å². The molecule has 1 aromatic heterocycles. The smallest absolute Gasteiger partial charge is 0.149 e. The van der Waals surface area contributed by atoms with Crippen molar-refractivity contribution in [2.24, 2.45) is 0 Å². The second kappa shape index (κ2) is 5.96. The molecule has 1 fully saturated rings. The van der Waals surface area contributed by atoms with E-state index in [0.717, 1.165) is 18.1 Å². The molecule has 0 spiro atoms. The van der Waals surface area contributed by atoms with Crippen LogP contribution in [-0.4, -0.2) is 22.5 Å². The van der Waals surface area contributed by atoms with Gasteiger partial charge in [-0.25, -0.2) is 4.98 Å². The standard InChI is InChI=1S/C13H18N4S/c1-18-11-4-2-10(3-5-11)17-13-12(15)6-9(7-14)8-16-13/h6,8,10-11H,2-5,15H2,1H3,(H,16,17). The predicted molar refractivity (Wildman–Crippen MR) is 76.5 cm³/mol. The molecule has 1 aliphatic carbocycles. The van der Waals surface area contributed by atoms with Crippen molar-refractivity contribution in [1.82, 2.24) is 4.98 Å². The predicted octanol–water partition coefficient (Wildman–Crippen LogP) is 2.62. The van der Waals surface area contributed by atoms with Crippen LogP contribution in [-0.2, 0) is 0 Å². The van der Waals surface area contributed by atoms with E-state index in [1.165, 1.54) is 12.8 Å². The second-order valence-electron chi connectivity index (χ2n) is 4.63. The minimum atomic E-state index is 0.455. The Morgan fingerprint density at radius 3 is 2.72 bits per heavy atom. The van der Waals surface area contributed by atoms with Gasteiger partial charge in [-0.15, -0.1) is 0 Å². The van der Waals surface area contributed by atoms with Gasteiger partial charge in [0, 0.05) is 17.5 Å². The highest BCUT2D eigenvalue weighted by molar-refractivity contribution is 7.99. The molecule has 4 nitrogen and oxygen atoms in total. The van der Waals surface area contributed by atoms with E-state index in [9.17, 15) is 0 Å². The molecule has 1 heterocycles. The summed E-state index contributed by atoms with van der Waals surface area (Å²) in [5.41, 5.74) is 6.95. The van der Waals surface area contributed by atoms with Crippen molar-refractivity contribution in [3.05, 3.63) is 17.8 Å². The Labute approximate surface area is 112 Å². The van der Waals surface area contributed by atoms with Crippen LogP contribution < -0.4 is 11.1 Å². The lowest BCUT2D eigenvalue weighted by Crippen LogP contribution is -2.27. The molecule has 0 aliphatic heterocycles. The van der Waals surface area contributed by atoms with E-state index < -0.39 is 0 Å². The average molecular weight is 262 g/mol. The van der Waals surface area contributed by atoms with Gasteiger partial charge in [0.15, 0.2) is 0 Å². The molecule has 1 saturated carbocycles. The Balaban J connectivity index is 1.96. The molecule has 0 radical (unpaired) electrons. The highest BCUT2D eigenvalue weighted by atomic mass is 32.2. The van der Waals surface area contributed by atoms with Crippen molar-refractivity contribution in [3.63, 3.8) is 0 Å². The van der Waals surface area contributed by atoms with Crippen LogP contribution in [0.25, 0.3) is 0 Å². The van der Waals surface area contributed by atoms with E-state index in [-0.39, 0.29) is 0 Å². The van der Waals surface area contributed by atoms with Crippen molar-refractivity contribution in [2.45, 2.75) is 37.0 Å². The van der Waals surface area contributed by atoms with Crippen LogP contribution in [0.5, 0.6) is 0 Å². The third-order valence-corrected chi connectivity index (χ3v) is 4.53. The average Bonchev–Trinajstić information content (AvgIpc) is 2.42. The zero-order valence-electron chi connectivity index (χ0n) is 10.5. The molecule has 0 unspecified atom stereocenters. The first kappa shape index (κ1) is 13.0. The third kappa shape index (κ3) is 3.08. The Hall–Kier alpha value is -1.41. The lowest BCUT2D eigenvalue weighted by molar-refractivity contribution is 0.472. The van der Waals surface area contributed by atoms with Crippen LogP contribution in [0, 0.1) is 11.3 Å². The van der Waals surface area contributed by atoms with Gasteiger partial charge in [0.05, 0.1) is 11.3 Å². The van der Waals surface area contributed by atoms with Crippen LogP contribution in [0.4, 0.5) is 11.5 Å². The van der Waals surface area contributed by atoms with Crippen molar-refractivity contribution in [2.75, 3.05) is 17.3 Å². The number of nitrogens with two attached hydrogens (primary N) is 1. The van der Waals surface area contributed by atoms with Gasteiger partial charge in [0.2, 0.25) is 0 Å². The van der Waals surface area contributed by atoms with Crippen molar-refractivity contribution in [3.8, 4) is 6.07 Å². The number of hydrogen-bond acceptors (Lipinski definition) is 5. The maximum atomic E-state index is 8.76. The van der Waals surface area contributed by atoms with Crippen LogP contribution in [0.15, 0.2) is 12.3 Å². The fourth-order valence-electron chi connectivity index (χ4n) is 2.30. The lowest BCUT2D eigenvalue weighted by atomic mass is 9.95. The van der Waals surface area contributed by atoms with Gasteiger partial charge >= 0.3 is 0 Å². The molecule has 0 saturated heterocycles. The maximum Gasteiger partial charge on any atom is 0.149 e. The zero-order valence-corrected chi connectivity index (χ0v) is 11.3. The van der Waals surface area contributed by atoms with Crippen molar-refractivity contribution in [1.29, 1.82) is 5.26 Å². The summed E-state index contributed by atoms with van der Waals surface area (Å²) in [4.78, 5) is 4.22. The molecule has 0 aromatic carbocycles. The summed E-state index contributed by atoms with van der Waals surface area (Å²) >= 11 is 1.96. The van der Waals surface area contributed by atoms with Crippen molar-refractivity contribution < 1.29 is 0 Å². The van der Waals surface area contributed by atoms with Gasteiger partial charge < -0.3 is 11.1 Å². The van der Waals surface area contributed by atoms with Gasteiger partial charge in [0.1, 0.15) is 11.9 Å². The van der Waals surface area contributed by atoms with E-state index in [4.69, 9.17) is 11.0 Å². The first-order valence-electron chi connectivity index (χ1n) is 6.18. The summed E-state index contributed by atoms with van der Waals surface area (Å²) in [7, 11) is 0. The molecular formula is C13H18N4S. The fourth-order valence-corrected chi connectivity index (χ4v) is 3.04. The van der Waals surface area contributed by atoms with Gasteiger partial charge in [-0.05, 0) is 38.0 Å². The summed E-state index contributed by atoms with van der Waals surface area (Å²) in [6.45, 7) is 0. The number of pyridine rings is 1. The largest absolute Gasteiger partial charge is 0.396 e. The second-order valence-corrected chi connectivity index (χ2v) is 5.77. The van der Waals surface area contributed by atoms with E-state index >= 15 is 0 Å². The summed E-state index contributed by atoms with van der Waals surface area (Å²) in [6.07, 6.45) is 8.55. The molecule has 96 valence electrons. The van der Waals surface area contributed by atoms with E-state index in [2.05, 4.69) is 16.6 Å². The summed E-state index contributed by atoms with van der Waals surface area (Å²) in [5, 5.41) is 13.0. The van der Waals surface area contributed by atoms with Gasteiger partial charge in [-0.2, -0.15) is 17.0 Å². The van der Waals surface area contributed by atoms with Crippen LogP contribution >= 0.6 is 11.8 Å². The normalized spacial score (nSPS) is 23.3. The monoisotopic (exact) mass is 262 g/mol. The number of rotatable bonds is 3. The Morgan fingerprint density at radius 1 is 1.44 bits per heavy atom. The Morgan fingerprint density at radius 2 is 2.17 bits per heavy atom. The molecule has 1 aliphatic rings. The lowest BCUT2D eigenvalue weighted by Gasteiger charge is -2.28. The number of nitrogens with zero attached hydrogens (tertiary/aromatic N) is 2. The molecule has 0 atom stereocenters. The summed E-state index contributed by atoms with van der Waals surface area (Å²) in [5.74, 6) is 0.710. The highest BCUT2D eigenvalue weighted by Crippen LogP contribution is 2.29. The molecule has 1 aromatic rings. The molecule has 2 rings (SSSR count). The third-order valence-electron chi connectivity index (χ3n) is 3.39. The number of aromatic nitrogens is 1. The molecule has 0 amide bonds. The quantitative estimate of drug-likeness (QED) is 0.876. The van der Waals surface area contributed by atoms with E-state index in [0.29, 0.717) is 23.1 Å². The summed E-state index contributed by atoms with van der Waals surface area (Å²) in [6, 6.07) is 4.16. The van der Waals surface area contributed by atoms with Gasteiger partial charge in [0.25, 0.3) is 0 Å². The highest BCUT2D eigenvalue weighted by Gasteiger charge is 2.21. The number of nitrogen functional groups attached to an aromatic ring is 1. The van der Waals surface area contributed by atoms with Crippen LogP contribution in [0.3, 0.4) is 0 Å². The number of anilines is 2. The molecule has 3 N–H and O–H groups in total. The zero-order chi connectivity index (χ0) is 13.0. The number of hydrogen-bond donors (Lipinski definition) is 2. The summed E-state index contributed by atoms with van der Waals surface area (Å²) < 4.78 is 0. The Bertz CT molecular complexity index is 447. The molecule has 18 heavy (non-hydrogen) atoms. The minimum Gasteiger partial charge on any atom is -0.396 e. The maximum absolute atomic E-state index is 8.76. The molecule has 0 bridgehead atoms. The number of nitriles is 1. The van der Waals surface area contributed by atoms with E-state index in [1.807, 2.05) is 17.8 Å². The molecular weight excluding hydrogens is 244 g/mol. The van der Waals surface area contributed by atoms with Crippen LogP contribution in [0.2, 0.25) is 0 Å². The van der Waals surface area contributed by atoms with Crippen molar-refractivity contribution >= 4 is 23.3 Å². The number of nitrogens with one attached hydrogen (secondary N) is 1. The minimum absolute atomic E-state index is 0.455. The first-order valence-corrected chi connectivity index (χ1v) is 7.46. The van der Waals surface area contributed by atoms with Gasteiger partial charge in [-0.3, -0.25) is 0 Å². The topological polar surface area (TPSA) is 74.7 Å². The number of thioether (sulfide) groups is 1. The SMILES string of the molecule is CSC1CCC(Nc2ncc(C#N)cc2N)CC1. The first-order chi connectivity index (χ1) is 8.72. The Kier molecular flexibility index (Phi) is 4.32. The van der Waals surface area contributed by atoms with Gasteiger partial charge in [-0.1, -0.05) is 0 Å². The fraction of sp³-hybridized carbons (Fsp3) is 0.538. The molecule has 5 heteroatoms. The van der Waals surface area contributed by atoms with E-state index in [1.54, 1.807) is 12.3 Å².